The Morgan fingerprint density at radius 2 is 2.18 bits per heavy atom. The van der Waals surface area contributed by atoms with Gasteiger partial charge in [-0.15, -0.1) is 0 Å². The number of esters is 1. The second-order valence-corrected chi connectivity index (χ2v) is 6.57. The van der Waals surface area contributed by atoms with E-state index in [9.17, 15) is 9.59 Å². The van der Waals surface area contributed by atoms with Crippen LogP contribution in [0.15, 0.2) is 24.3 Å². The highest BCUT2D eigenvalue weighted by Crippen LogP contribution is 2.32. The van der Waals surface area contributed by atoms with Crippen LogP contribution in [0.4, 0.5) is 5.69 Å². The van der Waals surface area contributed by atoms with Gasteiger partial charge in [0.2, 0.25) is 5.91 Å². The summed E-state index contributed by atoms with van der Waals surface area (Å²) < 4.78 is 5.21. The molecule has 1 heterocycles. The zero-order chi connectivity index (χ0) is 16.3. The molecule has 1 amide bonds. The van der Waals surface area contributed by atoms with E-state index >= 15 is 0 Å². The predicted octanol–water partition coefficient (Wildman–Crippen LogP) is 2.54. The minimum absolute atomic E-state index is 0.0813. The predicted molar refractivity (Wildman–Crippen MR) is 88.4 cm³/mol. The van der Waals surface area contributed by atoms with Crippen LogP contribution >= 0.6 is 12.2 Å². The quantitative estimate of drug-likeness (QED) is 0.662. The first-order valence-corrected chi connectivity index (χ1v) is 7.56. The molecule has 6 heteroatoms. The Morgan fingerprint density at radius 1 is 1.45 bits per heavy atom. The largest absolute Gasteiger partial charge is 0.459 e. The van der Waals surface area contributed by atoms with Crippen molar-refractivity contribution < 1.29 is 14.3 Å². The van der Waals surface area contributed by atoms with Crippen molar-refractivity contribution in [2.75, 3.05) is 5.32 Å². The number of amides is 1. The van der Waals surface area contributed by atoms with Crippen LogP contribution in [0, 0.1) is 12.8 Å². The molecule has 0 aromatic heterocycles. The number of rotatable bonds is 3. The van der Waals surface area contributed by atoms with Crippen LogP contribution in [0.3, 0.4) is 0 Å². The maximum absolute atomic E-state index is 12.0. The summed E-state index contributed by atoms with van der Waals surface area (Å²) in [4.78, 5) is 23.7. The Kier molecular flexibility index (Phi) is 4.81. The van der Waals surface area contributed by atoms with E-state index in [4.69, 9.17) is 17.0 Å². The highest BCUT2D eigenvalue weighted by molar-refractivity contribution is 7.80. The molecule has 0 bridgehead atoms. The molecule has 1 atom stereocenters. The van der Waals surface area contributed by atoms with Crippen LogP contribution in [0.25, 0.3) is 0 Å². The highest BCUT2D eigenvalue weighted by Gasteiger charge is 2.40. The molecule has 1 saturated heterocycles. The van der Waals surface area contributed by atoms with Gasteiger partial charge >= 0.3 is 5.97 Å². The van der Waals surface area contributed by atoms with E-state index in [1.807, 2.05) is 45.0 Å². The average Bonchev–Trinajstić information content (AvgIpc) is 2.61. The van der Waals surface area contributed by atoms with Crippen molar-refractivity contribution in [2.45, 2.75) is 39.2 Å². The molecule has 0 aliphatic carbocycles. The fourth-order valence-corrected chi connectivity index (χ4v) is 2.75. The van der Waals surface area contributed by atoms with Gasteiger partial charge in [0.1, 0.15) is 5.60 Å². The summed E-state index contributed by atoms with van der Waals surface area (Å²) in [7, 11) is 0. The summed E-state index contributed by atoms with van der Waals surface area (Å²) in [6.07, 6.45) is 0.620. The number of carbonyl (C=O) groups is 2. The normalized spacial score (nSPS) is 19.4. The molecule has 118 valence electrons. The van der Waals surface area contributed by atoms with Gasteiger partial charge in [-0.2, -0.15) is 0 Å². The van der Waals surface area contributed by atoms with Crippen molar-refractivity contribution in [3.05, 3.63) is 29.8 Å². The van der Waals surface area contributed by atoms with Gasteiger partial charge < -0.3 is 15.4 Å². The molecular formula is C16H20N2O3S. The van der Waals surface area contributed by atoms with E-state index in [0.29, 0.717) is 6.42 Å². The van der Waals surface area contributed by atoms with E-state index in [1.165, 1.54) is 0 Å². The van der Waals surface area contributed by atoms with Crippen LogP contribution < -0.4 is 10.6 Å². The molecule has 1 aromatic carbocycles. The first-order chi connectivity index (χ1) is 10.2. The maximum Gasteiger partial charge on any atom is 0.310 e. The van der Waals surface area contributed by atoms with Gasteiger partial charge in [0, 0.05) is 18.5 Å². The van der Waals surface area contributed by atoms with Gasteiger partial charge in [-0.25, -0.2) is 0 Å². The third-order valence-corrected chi connectivity index (χ3v) is 3.61. The lowest BCUT2D eigenvalue weighted by Crippen LogP contribution is -2.35. The minimum Gasteiger partial charge on any atom is -0.459 e. The van der Waals surface area contributed by atoms with Crippen molar-refractivity contribution >= 4 is 34.9 Å². The monoisotopic (exact) mass is 320 g/mol. The number of hydrogen-bond acceptors (Lipinski definition) is 4. The van der Waals surface area contributed by atoms with Gasteiger partial charge in [-0.05, 0) is 50.7 Å². The highest BCUT2D eigenvalue weighted by atomic mass is 32.1. The number of cyclic esters (lactones) is 1. The Morgan fingerprint density at radius 3 is 2.77 bits per heavy atom. The Hall–Kier alpha value is -1.95. The second-order valence-electron chi connectivity index (χ2n) is 6.16. The van der Waals surface area contributed by atoms with Crippen molar-refractivity contribution in [3.63, 3.8) is 0 Å². The summed E-state index contributed by atoms with van der Waals surface area (Å²) in [6.45, 7) is 5.65. The Labute approximate surface area is 135 Å². The number of carbonyl (C=O) groups excluding carboxylic acids is 2. The lowest BCUT2D eigenvalue weighted by molar-refractivity contribution is -0.149. The molecule has 1 aromatic rings. The number of anilines is 1. The van der Waals surface area contributed by atoms with E-state index in [-0.39, 0.29) is 23.4 Å². The molecular weight excluding hydrogens is 300 g/mol. The third kappa shape index (κ3) is 4.53. The number of thiocarbonyl (C=S) groups is 1. The molecule has 0 radical (unpaired) electrons. The van der Waals surface area contributed by atoms with Crippen molar-refractivity contribution in [1.29, 1.82) is 0 Å². The van der Waals surface area contributed by atoms with Crippen LogP contribution in [-0.2, 0) is 14.3 Å². The van der Waals surface area contributed by atoms with E-state index < -0.39 is 11.5 Å². The van der Waals surface area contributed by atoms with Gasteiger partial charge in [0.15, 0.2) is 5.11 Å². The fraction of sp³-hybridized carbons (Fsp3) is 0.438. The first-order valence-electron chi connectivity index (χ1n) is 7.15. The smallest absolute Gasteiger partial charge is 0.310 e. The van der Waals surface area contributed by atoms with E-state index in [0.717, 1.165) is 11.3 Å². The lowest BCUT2D eigenvalue weighted by Gasteiger charge is -2.14. The average molecular weight is 320 g/mol. The van der Waals surface area contributed by atoms with Gasteiger partial charge in [0.25, 0.3) is 0 Å². The van der Waals surface area contributed by atoms with Crippen LogP contribution in [0.5, 0.6) is 0 Å². The van der Waals surface area contributed by atoms with Crippen LogP contribution in [0.2, 0.25) is 0 Å². The summed E-state index contributed by atoms with van der Waals surface area (Å²) in [5, 5.41) is 5.77. The number of aryl methyl sites for hydroxylation is 1. The van der Waals surface area contributed by atoms with Crippen molar-refractivity contribution in [3.8, 4) is 0 Å². The molecule has 1 aliphatic rings. The Bertz CT molecular complexity index is 613. The molecule has 2 N–H and O–H groups in total. The summed E-state index contributed by atoms with van der Waals surface area (Å²) in [6, 6.07) is 7.66. The first kappa shape index (κ1) is 16.4. The fourth-order valence-electron chi connectivity index (χ4n) is 2.52. The second kappa shape index (κ2) is 6.44. The standard InChI is InChI=1S/C16H20N2O3S/c1-10-5-4-6-12(7-10)17-15(22)18-13(19)8-11-9-16(2,3)21-14(11)20/h4-7,11H,8-9H2,1-3H3,(H2,17,18,19,22)/t11-/m1/s1. The Balaban J connectivity index is 1.84. The topological polar surface area (TPSA) is 67.4 Å². The summed E-state index contributed by atoms with van der Waals surface area (Å²) in [5.74, 6) is -1.01. The molecule has 0 saturated carbocycles. The van der Waals surface area contributed by atoms with Crippen molar-refractivity contribution in [2.24, 2.45) is 5.92 Å². The van der Waals surface area contributed by atoms with Crippen LogP contribution in [-0.4, -0.2) is 22.6 Å². The molecule has 2 rings (SSSR count). The lowest BCUT2D eigenvalue weighted by atomic mass is 9.95. The summed E-state index contributed by atoms with van der Waals surface area (Å²) in [5.41, 5.74) is 1.41. The molecule has 0 spiro atoms. The molecule has 0 unspecified atom stereocenters. The SMILES string of the molecule is Cc1cccc(NC(=S)NC(=O)C[C@@H]2CC(C)(C)OC2=O)c1. The molecule has 22 heavy (non-hydrogen) atoms. The minimum atomic E-state index is -0.498. The van der Waals surface area contributed by atoms with Gasteiger partial charge in [-0.3, -0.25) is 9.59 Å². The molecule has 1 fully saturated rings. The molecule has 1 aliphatic heterocycles. The maximum atomic E-state index is 12.0. The number of benzene rings is 1. The number of hydrogen-bond donors (Lipinski definition) is 2. The van der Waals surface area contributed by atoms with Crippen molar-refractivity contribution in [1.82, 2.24) is 5.32 Å². The number of ether oxygens (including phenoxy) is 1. The van der Waals surface area contributed by atoms with E-state index in [2.05, 4.69) is 10.6 Å². The van der Waals surface area contributed by atoms with Crippen LogP contribution in [0.1, 0.15) is 32.3 Å². The third-order valence-electron chi connectivity index (χ3n) is 3.41. The van der Waals surface area contributed by atoms with E-state index in [1.54, 1.807) is 0 Å². The zero-order valence-corrected chi connectivity index (χ0v) is 13.8. The molecule has 5 nitrogen and oxygen atoms in total. The zero-order valence-electron chi connectivity index (χ0n) is 12.9. The van der Waals surface area contributed by atoms with Gasteiger partial charge in [-0.1, -0.05) is 12.1 Å². The summed E-state index contributed by atoms with van der Waals surface area (Å²) >= 11 is 5.11. The number of nitrogens with one attached hydrogen (secondary N) is 2. The van der Waals surface area contributed by atoms with Gasteiger partial charge in [0.05, 0.1) is 5.92 Å².